The predicted octanol–water partition coefficient (Wildman–Crippen LogP) is 0.614. The van der Waals surface area contributed by atoms with Crippen molar-refractivity contribution in [1.82, 2.24) is 15.0 Å². The van der Waals surface area contributed by atoms with Crippen molar-refractivity contribution >= 4 is 32.9 Å². The Morgan fingerprint density at radius 2 is 1.45 bits per heavy atom. The molecule has 158 valence electrons. The molecular weight excluding hydrogens is 418 g/mol. The Bertz CT molecular complexity index is 1630. The molecule has 2 heterocycles. The van der Waals surface area contributed by atoms with E-state index in [1.807, 2.05) is 0 Å². The van der Waals surface area contributed by atoms with Gasteiger partial charge >= 0.3 is 0 Å². The minimum atomic E-state index is -3.60. The average molecular weight is 437 g/mol. The molecule has 0 amide bonds. The van der Waals surface area contributed by atoms with Crippen molar-refractivity contribution in [2.45, 2.75) is 5.03 Å². The monoisotopic (exact) mass is 437 g/mol. The Morgan fingerprint density at radius 1 is 0.839 bits per heavy atom. The number of para-hydroxylation sites is 1. The first-order valence-electron chi connectivity index (χ1n) is 9.27. The van der Waals surface area contributed by atoms with Crippen LogP contribution in [0.1, 0.15) is 11.1 Å². The van der Waals surface area contributed by atoms with Gasteiger partial charge in [0.25, 0.3) is 11.1 Å². The van der Waals surface area contributed by atoms with Crippen LogP contribution in [0.5, 0.6) is 5.75 Å². The molecule has 0 aliphatic rings. The molecular formula is C22H19N3O5S. The fourth-order valence-electron chi connectivity index (χ4n) is 3.28. The second-order valence-electron chi connectivity index (χ2n) is 6.98. The predicted molar refractivity (Wildman–Crippen MR) is 118 cm³/mol. The largest absolute Gasteiger partial charge is 0.497 e. The minimum absolute atomic E-state index is 0.0252. The van der Waals surface area contributed by atoms with Gasteiger partial charge in [-0.2, -0.15) is 0 Å². The lowest BCUT2D eigenvalue weighted by Gasteiger charge is -1.99. The fraction of sp³-hybridized carbons (Fsp3) is 0.0909. The number of rotatable bonds is 4. The quantitative estimate of drug-likeness (QED) is 0.432. The minimum Gasteiger partial charge on any atom is -0.497 e. The second-order valence-corrected chi connectivity index (χ2v) is 8.94. The highest BCUT2D eigenvalue weighted by atomic mass is 32.2. The molecule has 0 aliphatic carbocycles. The summed E-state index contributed by atoms with van der Waals surface area (Å²) in [7, 11) is -2.05. The Hall–Kier alpha value is -3.85. The molecule has 0 atom stereocenters. The Balaban J connectivity index is 1.91. The van der Waals surface area contributed by atoms with E-state index in [9.17, 15) is 18.0 Å². The summed E-state index contributed by atoms with van der Waals surface area (Å²) >= 11 is 0. The third-order valence-corrected chi connectivity index (χ3v) is 5.85. The first-order chi connectivity index (χ1) is 14.8. The van der Waals surface area contributed by atoms with Crippen LogP contribution < -0.4 is 26.6 Å². The smallest absolute Gasteiger partial charge is 0.272 e. The number of sulfone groups is 1. The van der Waals surface area contributed by atoms with Crippen LogP contribution in [-0.4, -0.2) is 36.7 Å². The van der Waals surface area contributed by atoms with E-state index in [1.54, 1.807) is 55.6 Å². The summed E-state index contributed by atoms with van der Waals surface area (Å²) in [6, 6.07) is 14.0. The maximum absolute atomic E-state index is 12.6. The van der Waals surface area contributed by atoms with Crippen LogP contribution in [0.3, 0.4) is 0 Å². The third-order valence-electron chi connectivity index (χ3n) is 4.78. The first kappa shape index (κ1) is 20.4. The molecule has 4 aromatic rings. The van der Waals surface area contributed by atoms with Crippen molar-refractivity contribution < 1.29 is 13.2 Å². The van der Waals surface area contributed by atoms with Crippen molar-refractivity contribution in [2.24, 2.45) is 0 Å². The molecule has 8 nitrogen and oxygen atoms in total. The van der Waals surface area contributed by atoms with Gasteiger partial charge in [-0.3, -0.25) is 9.59 Å². The van der Waals surface area contributed by atoms with E-state index in [2.05, 4.69) is 15.0 Å². The van der Waals surface area contributed by atoms with Gasteiger partial charge < -0.3 is 19.7 Å². The van der Waals surface area contributed by atoms with Gasteiger partial charge in [0.15, 0.2) is 9.84 Å². The number of aromatic nitrogens is 3. The Kier molecular flexibility index (Phi) is 5.12. The first-order valence-corrected chi connectivity index (χ1v) is 11.2. The molecule has 0 spiro atoms. The summed E-state index contributed by atoms with van der Waals surface area (Å²) in [6.45, 7) is 0. The van der Waals surface area contributed by atoms with E-state index in [1.165, 1.54) is 12.2 Å². The van der Waals surface area contributed by atoms with E-state index in [4.69, 9.17) is 4.74 Å². The number of hydrogen-bond donors (Lipinski definition) is 3. The molecule has 2 aromatic carbocycles. The van der Waals surface area contributed by atoms with E-state index < -0.39 is 21.0 Å². The highest BCUT2D eigenvalue weighted by Crippen LogP contribution is 2.26. The standard InChI is InChI=1S/C22H19N3O5S/c1-30-14-9-7-13(8-10-14)11-18-20(26)24-19(21(27)23-18)12-16-15-5-3-4-6-17(15)25-22(16)31(2,28)29/h3-12,25H,1-2H3,(H,23,27)(H,24,26)/b18-11-,19-12-. The number of fused-ring (bicyclic) bond motifs is 1. The van der Waals surface area contributed by atoms with Crippen molar-refractivity contribution in [3.8, 4) is 5.75 Å². The van der Waals surface area contributed by atoms with Crippen LogP contribution in [0.15, 0.2) is 63.1 Å². The van der Waals surface area contributed by atoms with Crippen LogP contribution in [0.4, 0.5) is 0 Å². The molecule has 0 saturated carbocycles. The van der Waals surface area contributed by atoms with Gasteiger partial charge in [0.05, 0.1) is 7.11 Å². The van der Waals surface area contributed by atoms with Crippen molar-refractivity contribution in [1.29, 1.82) is 0 Å². The number of H-pyrrole nitrogens is 3. The number of methoxy groups -OCH3 is 1. The number of benzene rings is 2. The lowest BCUT2D eigenvalue weighted by atomic mass is 10.1. The van der Waals surface area contributed by atoms with Gasteiger partial charge in [0.1, 0.15) is 21.5 Å². The zero-order chi connectivity index (χ0) is 22.2. The SMILES string of the molecule is COc1ccc(/C=c2\[nH]c(=O)/c(=C/c3c(S(C)(=O)=O)[nH]c4ccccc34)[nH]c2=O)cc1. The van der Waals surface area contributed by atoms with E-state index in [0.717, 1.165) is 6.26 Å². The fourth-order valence-corrected chi connectivity index (χ4v) is 4.15. The van der Waals surface area contributed by atoms with Gasteiger partial charge in [0, 0.05) is 22.7 Å². The third kappa shape index (κ3) is 4.08. The Morgan fingerprint density at radius 3 is 2.06 bits per heavy atom. The lowest BCUT2D eigenvalue weighted by molar-refractivity contribution is 0.415. The van der Waals surface area contributed by atoms with Gasteiger partial charge in [0.2, 0.25) is 0 Å². The molecule has 0 unspecified atom stereocenters. The topological polar surface area (TPSA) is 125 Å². The number of nitrogens with one attached hydrogen (secondary N) is 3. The number of hydrogen-bond acceptors (Lipinski definition) is 5. The highest BCUT2D eigenvalue weighted by Gasteiger charge is 2.18. The molecule has 4 rings (SSSR count). The molecule has 9 heteroatoms. The van der Waals surface area contributed by atoms with Gasteiger partial charge in [-0.25, -0.2) is 8.42 Å². The Labute approximate surface area is 176 Å². The molecule has 0 radical (unpaired) electrons. The average Bonchev–Trinajstić information content (AvgIpc) is 3.11. The maximum Gasteiger partial charge on any atom is 0.272 e. The molecule has 31 heavy (non-hydrogen) atoms. The summed E-state index contributed by atoms with van der Waals surface area (Å²) in [4.78, 5) is 33.2. The van der Waals surface area contributed by atoms with Crippen LogP contribution in [0.25, 0.3) is 23.1 Å². The lowest BCUT2D eigenvalue weighted by Crippen LogP contribution is -2.46. The van der Waals surface area contributed by atoms with E-state index >= 15 is 0 Å². The van der Waals surface area contributed by atoms with E-state index in [-0.39, 0.29) is 15.7 Å². The van der Waals surface area contributed by atoms with Crippen LogP contribution in [0, 0.1) is 0 Å². The van der Waals surface area contributed by atoms with Crippen LogP contribution in [-0.2, 0) is 9.84 Å². The molecule has 3 N–H and O–H groups in total. The van der Waals surface area contributed by atoms with Crippen molar-refractivity contribution in [3.05, 3.63) is 91.1 Å². The number of aromatic amines is 3. The van der Waals surface area contributed by atoms with Crippen molar-refractivity contribution in [2.75, 3.05) is 13.4 Å². The van der Waals surface area contributed by atoms with Crippen LogP contribution in [0.2, 0.25) is 0 Å². The molecule has 2 aromatic heterocycles. The maximum atomic E-state index is 12.6. The normalized spacial score (nSPS) is 13.1. The second kappa shape index (κ2) is 7.77. The number of ether oxygens (including phenoxy) is 1. The summed E-state index contributed by atoms with van der Waals surface area (Å²) < 4.78 is 29.6. The van der Waals surface area contributed by atoms with Crippen molar-refractivity contribution in [3.63, 3.8) is 0 Å². The van der Waals surface area contributed by atoms with Gasteiger partial charge in [-0.1, -0.05) is 30.3 Å². The van der Waals surface area contributed by atoms with Gasteiger partial charge in [-0.15, -0.1) is 0 Å². The molecule has 0 saturated heterocycles. The summed E-state index contributed by atoms with van der Waals surface area (Å²) in [5.41, 5.74) is 0.560. The van der Waals surface area contributed by atoms with E-state index in [0.29, 0.717) is 27.8 Å². The summed E-state index contributed by atoms with van der Waals surface area (Å²) in [5, 5.41) is 0.626. The molecule has 0 fully saturated rings. The highest BCUT2D eigenvalue weighted by molar-refractivity contribution is 7.90. The van der Waals surface area contributed by atoms with Gasteiger partial charge in [-0.05, 0) is 35.9 Å². The molecule has 0 aliphatic heterocycles. The summed E-state index contributed by atoms with van der Waals surface area (Å²) in [6.07, 6.45) is 3.98. The van der Waals surface area contributed by atoms with Crippen LogP contribution >= 0.6 is 0 Å². The zero-order valence-electron chi connectivity index (χ0n) is 16.7. The zero-order valence-corrected chi connectivity index (χ0v) is 17.5. The summed E-state index contributed by atoms with van der Waals surface area (Å²) in [5.74, 6) is 0.671. The molecule has 0 bridgehead atoms.